The van der Waals surface area contributed by atoms with Crippen LogP contribution in [0.15, 0.2) is 59.6 Å². The second-order valence-electron chi connectivity index (χ2n) is 7.43. The Morgan fingerprint density at radius 1 is 1.03 bits per heavy atom. The second kappa shape index (κ2) is 10.9. The smallest absolute Gasteiger partial charge is 0.151 e. The minimum absolute atomic E-state index is 0.0199. The molecule has 0 spiro atoms. The van der Waals surface area contributed by atoms with Crippen LogP contribution in [-0.4, -0.2) is 51.7 Å². The number of aromatic hydroxyl groups is 1. The normalized spacial score (nSPS) is 11.5. The summed E-state index contributed by atoms with van der Waals surface area (Å²) in [6.45, 7) is 2.42. The highest BCUT2D eigenvalue weighted by Gasteiger charge is 2.16. The number of benzene rings is 3. The van der Waals surface area contributed by atoms with Gasteiger partial charge in [-0.25, -0.2) is 9.78 Å². The van der Waals surface area contributed by atoms with Gasteiger partial charge in [0.2, 0.25) is 0 Å². The van der Waals surface area contributed by atoms with E-state index >= 15 is 0 Å². The van der Waals surface area contributed by atoms with Crippen molar-refractivity contribution in [3.63, 3.8) is 0 Å². The van der Waals surface area contributed by atoms with Crippen LogP contribution in [0.1, 0.15) is 23.6 Å². The van der Waals surface area contributed by atoms with E-state index in [1.54, 1.807) is 31.5 Å². The summed E-state index contributed by atoms with van der Waals surface area (Å²) in [6, 6.07) is 16.5. The molecule has 0 radical (unpaired) electrons. The van der Waals surface area contributed by atoms with Gasteiger partial charge in [-0.05, 0) is 49.2 Å². The van der Waals surface area contributed by atoms with E-state index in [1.807, 2.05) is 43.3 Å². The highest BCUT2D eigenvalue weighted by molar-refractivity contribution is 5.87. The van der Waals surface area contributed by atoms with E-state index in [-0.39, 0.29) is 19.0 Å². The molecule has 0 amide bonds. The largest absolute Gasteiger partial charge is 0.505 e. The lowest BCUT2D eigenvalue weighted by Crippen LogP contribution is -2.03. The zero-order valence-corrected chi connectivity index (χ0v) is 19.0. The van der Waals surface area contributed by atoms with Gasteiger partial charge in [0.05, 0.1) is 19.4 Å². The standard InChI is InChI=1S/C25H26N4O5/c1-3-33-34-16-19-13-21-22(14-24(19)32-2)28-29(27-21)23-12-17(9-10-30)11-18(25(23)31)15-26-20-7-5-4-6-8-20/h4-8,11-15,30-31H,3,9-10,16H2,1-2H3. The Morgan fingerprint density at radius 3 is 2.50 bits per heavy atom. The third kappa shape index (κ3) is 5.23. The number of aliphatic hydroxyl groups is 1. The number of rotatable bonds is 10. The van der Waals surface area contributed by atoms with Crippen molar-refractivity contribution in [2.24, 2.45) is 4.99 Å². The molecule has 9 heteroatoms. The Kier molecular flexibility index (Phi) is 7.48. The van der Waals surface area contributed by atoms with Gasteiger partial charge >= 0.3 is 0 Å². The van der Waals surface area contributed by atoms with Crippen LogP contribution < -0.4 is 4.74 Å². The van der Waals surface area contributed by atoms with Crippen LogP contribution >= 0.6 is 0 Å². The van der Waals surface area contributed by atoms with Crippen molar-refractivity contribution in [1.82, 2.24) is 15.0 Å². The average molecular weight is 463 g/mol. The minimum atomic E-state index is -0.0333. The van der Waals surface area contributed by atoms with E-state index in [0.717, 1.165) is 16.8 Å². The molecule has 0 aliphatic heterocycles. The van der Waals surface area contributed by atoms with Crippen LogP contribution in [0.3, 0.4) is 0 Å². The molecular weight excluding hydrogens is 436 g/mol. The predicted octanol–water partition coefficient (Wildman–Crippen LogP) is 3.89. The van der Waals surface area contributed by atoms with Gasteiger partial charge in [-0.1, -0.05) is 18.2 Å². The molecule has 0 saturated carbocycles. The Hall–Kier alpha value is -3.79. The Bertz CT molecular complexity index is 1290. The average Bonchev–Trinajstić information content (AvgIpc) is 3.27. The quantitative estimate of drug-likeness (QED) is 0.159. The summed E-state index contributed by atoms with van der Waals surface area (Å²) in [5, 5.41) is 29.6. The number of fused-ring (bicyclic) bond motifs is 1. The predicted molar refractivity (Wildman–Crippen MR) is 128 cm³/mol. The number of nitrogens with zero attached hydrogens (tertiary/aromatic N) is 4. The van der Waals surface area contributed by atoms with Gasteiger partial charge in [0.25, 0.3) is 0 Å². The van der Waals surface area contributed by atoms with Gasteiger partial charge in [-0.2, -0.15) is 0 Å². The fourth-order valence-electron chi connectivity index (χ4n) is 3.47. The Morgan fingerprint density at radius 2 is 1.79 bits per heavy atom. The molecule has 9 nitrogen and oxygen atoms in total. The summed E-state index contributed by atoms with van der Waals surface area (Å²) in [7, 11) is 1.57. The summed E-state index contributed by atoms with van der Waals surface area (Å²) in [5.74, 6) is 0.571. The molecule has 3 aromatic carbocycles. The number of aliphatic imine (C=N–C) groups is 1. The van der Waals surface area contributed by atoms with Crippen molar-refractivity contribution in [1.29, 1.82) is 0 Å². The van der Waals surface area contributed by atoms with Gasteiger partial charge in [0.1, 0.15) is 29.1 Å². The first-order valence-corrected chi connectivity index (χ1v) is 10.9. The minimum Gasteiger partial charge on any atom is -0.505 e. The topological polar surface area (TPSA) is 111 Å². The monoisotopic (exact) mass is 462 g/mol. The maximum atomic E-state index is 11.0. The number of methoxy groups -OCH3 is 1. The van der Waals surface area contributed by atoms with Crippen molar-refractivity contribution in [3.05, 3.63) is 71.3 Å². The number of para-hydroxylation sites is 1. The van der Waals surface area contributed by atoms with Crippen LogP contribution in [0.4, 0.5) is 5.69 Å². The molecule has 34 heavy (non-hydrogen) atoms. The summed E-state index contributed by atoms with van der Waals surface area (Å²) >= 11 is 0. The van der Waals surface area contributed by atoms with E-state index in [0.29, 0.717) is 41.1 Å². The Balaban J connectivity index is 1.75. The van der Waals surface area contributed by atoms with Gasteiger partial charge < -0.3 is 14.9 Å². The van der Waals surface area contributed by atoms with Crippen LogP contribution in [-0.2, 0) is 22.8 Å². The first kappa shape index (κ1) is 23.4. The Labute approximate surface area is 196 Å². The summed E-state index contributed by atoms with van der Waals surface area (Å²) < 4.78 is 5.46. The molecule has 0 unspecified atom stereocenters. The molecule has 1 aromatic heterocycles. The lowest BCUT2D eigenvalue weighted by Gasteiger charge is -2.09. The molecule has 0 bridgehead atoms. The van der Waals surface area contributed by atoms with Crippen molar-refractivity contribution >= 4 is 22.9 Å². The SMILES string of the molecule is CCOOCc1cc2nn(-c3cc(CCO)cc(C=Nc4ccccc4)c3O)nc2cc1OC. The van der Waals surface area contributed by atoms with Crippen LogP contribution in [0.2, 0.25) is 0 Å². The first-order valence-electron chi connectivity index (χ1n) is 10.9. The lowest BCUT2D eigenvalue weighted by molar-refractivity contribution is -0.300. The third-order valence-corrected chi connectivity index (χ3v) is 5.10. The van der Waals surface area contributed by atoms with Crippen molar-refractivity contribution < 1.29 is 24.7 Å². The molecule has 0 aliphatic rings. The molecule has 4 aromatic rings. The maximum absolute atomic E-state index is 11.0. The zero-order chi connectivity index (χ0) is 23.9. The van der Waals surface area contributed by atoms with E-state index in [4.69, 9.17) is 14.5 Å². The number of aliphatic hydroxyl groups excluding tert-OH is 1. The van der Waals surface area contributed by atoms with Crippen LogP contribution in [0, 0.1) is 0 Å². The van der Waals surface area contributed by atoms with Crippen molar-refractivity contribution in [3.8, 4) is 17.2 Å². The molecule has 0 atom stereocenters. The molecule has 0 saturated heterocycles. The number of phenolic OH excluding ortho intramolecular Hbond substituents is 1. The van der Waals surface area contributed by atoms with E-state index in [9.17, 15) is 10.2 Å². The lowest BCUT2D eigenvalue weighted by atomic mass is 10.1. The maximum Gasteiger partial charge on any atom is 0.151 e. The third-order valence-electron chi connectivity index (χ3n) is 5.10. The first-order chi connectivity index (χ1) is 16.6. The van der Waals surface area contributed by atoms with Gasteiger partial charge in [-0.15, -0.1) is 15.0 Å². The van der Waals surface area contributed by atoms with Gasteiger partial charge in [-0.3, -0.25) is 4.99 Å². The number of phenols is 1. The molecule has 176 valence electrons. The number of hydrogen-bond donors (Lipinski definition) is 2. The molecule has 1 heterocycles. The van der Waals surface area contributed by atoms with E-state index in [1.165, 1.54) is 4.80 Å². The highest BCUT2D eigenvalue weighted by Crippen LogP contribution is 2.30. The molecule has 4 rings (SSSR count). The van der Waals surface area contributed by atoms with Gasteiger partial charge in [0, 0.05) is 30.0 Å². The summed E-state index contributed by atoms with van der Waals surface area (Å²) in [6.07, 6.45) is 2.00. The number of aromatic nitrogens is 3. The summed E-state index contributed by atoms with van der Waals surface area (Å²) in [4.78, 5) is 16.0. The molecule has 0 fully saturated rings. The molecule has 0 aliphatic carbocycles. The molecule has 2 N–H and O–H groups in total. The van der Waals surface area contributed by atoms with Gasteiger partial charge in [0.15, 0.2) is 5.75 Å². The van der Waals surface area contributed by atoms with E-state index in [2.05, 4.69) is 15.2 Å². The van der Waals surface area contributed by atoms with E-state index < -0.39 is 0 Å². The fraction of sp³-hybridized carbons (Fsp3) is 0.240. The second-order valence-corrected chi connectivity index (χ2v) is 7.43. The van der Waals surface area contributed by atoms with Crippen molar-refractivity contribution in [2.45, 2.75) is 20.0 Å². The number of hydrogen-bond acceptors (Lipinski definition) is 8. The molecular formula is C25H26N4O5. The van der Waals surface area contributed by atoms with Crippen molar-refractivity contribution in [2.75, 3.05) is 20.3 Å². The van der Waals surface area contributed by atoms with Crippen LogP contribution in [0.25, 0.3) is 16.7 Å². The summed E-state index contributed by atoms with van der Waals surface area (Å²) in [5.41, 5.74) is 4.38. The number of ether oxygens (including phenoxy) is 1. The zero-order valence-electron chi connectivity index (χ0n) is 19.0. The fourth-order valence-corrected chi connectivity index (χ4v) is 3.47. The van der Waals surface area contributed by atoms with Crippen LogP contribution in [0.5, 0.6) is 11.5 Å². The highest BCUT2D eigenvalue weighted by atomic mass is 17.2.